The fourth-order valence-corrected chi connectivity index (χ4v) is 3.05. The lowest BCUT2D eigenvalue weighted by molar-refractivity contribution is -0.121. The summed E-state index contributed by atoms with van der Waals surface area (Å²) in [6, 6.07) is 13.3. The van der Waals surface area contributed by atoms with Crippen LogP contribution in [0.4, 0.5) is 4.39 Å². The Morgan fingerprint density at radius 2 is 2.00 bits per heavy atom. The molecule has 0 spiro atoms. The summed E-state index contributed by atoms with van der Waals surface area (Å²) in [7, 11) is 3.75. The van der Waals surface area contributed by atoms with Gasteiger partial charge in [-0.1, -0.05) is 24.3 Å². The minimum absolute atomic E-state index is 0.146. The first-order valence-corrected chi connectivity index (χ1v) is 8.72. The van der Waals surface area contributed by atoms with Gasteiger partial charge >= 0.3 is 5.76 Å². The Hall–Kier alpha value is -2.93. The first kappa shape index (κ1) is 18.8. The maximum atomic E-state index is 13.5. The second-order valence-electron chi connectivity index (χ2n) is 6.58. The van der Waals surface area contributed by atoms with E-state index >= 15 is 0 Å². The fraction of sp³-hybridized carbons (Fsp3) is 0.300. The molecule has 7 heteroatoms. The average Bonchev–Trinajstić information content (AvgIpc) is 2.95. The molecule has 0 saturated heterocycles. The molecule has 0 aliphatic rings. The Morgan fingerprint density at radius 3 is 2.74 bits per heavy atom. The molecule has 27 heavy (non-hydrogen) atoms. The second-order valence-corrected chi connectivity index (χ2v) is 6.58. The smallest absolute Gasteiger partial charge is 0.408 e. The van der Waals surface area contributed by atoms with Crippen molar-refractivity contribution in [1.29, 1.82) is 0 Å². The number of benzene rings is 2. The van der Waals surface area contributed by atoms with E-state index in [-0.39, 0.29) is 30.7 Å². The number of fused-ring (bicyclic) bond motifs is 1. The van der Waals surface area contributed by atoms with Crippen molar-refractivity contribution in [2.75, 3.05) is 20.6 Å². The van der Waals surface area contributed by atoms with Gasteiger partial charge in [0.15, 0.2) is 5.58 Å². The third-order valence-corrected chi connectivity index (χ3v) is 4.49. The molecule has 0 saturated carbocycles. The van der Waals surface area contributed by atoms with E-state index in [4.69, 9.17) is 4.42 Å². The van der Waals surface area contributed by atoms with E-state index in [0.717, 1.165) is 5.56 Å². The van der Waals surface area contributed by atoms with Gasteiger partial charge in [0.05, 0.1) is 11.6 Å². The monoisotopic (exact) mass is 371 g/mol. The van der Waals surface area contributed by atoms with Gasteiger partial charge in [-0.25, -0.2) is 9.18 Å². The molecule has 142 valence electrons. The number of aromatic nitrogens is 1. The molecular weight excluding hydrogens is 349 g/mol. The van der Waals surface area contributed by atoms with Gasteiger partial charge < -0.3 is 14.6 Å². The molecule has 0 radical (unpaired) electrons. The Kier molecular flexibility index (Phi) is 5.71. The number of likely N-dealkylation sites (N-methyl/N-ethyl adjacent to an activating group) is 1. The molecule has 1 amide bonds. The van der Waals surface area contributed by atoms with Crippen molar-refractivity contribution in [2.24, 2.45) is 0 Å². The number of oxazole rings is 1. The lowest BCUT2D eigenvalue weighted by Crippen LogP contribution is -2.35. The highest BCUT2D eigenvalue weighted by atomic mass is 19.1. The van der Waals surface area contributed by atoms with Crippen LogP contribution in [0.2, 0.25) is 0 Å². The zero-order chi connectivity index (χ0) is 19.4. The molecule has 2 aromatic carbocycles. The molecule has 3 aromatic rings. The summed E-state index contributed by atoms with van der Waals surface area (Å²) in [4.78, 5) is 26.1. The van der Waals surface area contributed by atoms with Crippen molar-refractivity contribution >= 4 is 17.0 Å². The predicted molar refractivity (Wildman–Crippen MR) is 101 cm³/mol. The van der Waals surface area contributed by atoms with Crippen LogP contribution in [0.5, 0.6) is 0 Å². The van der Waals surface area contributed by atoms with E-state index in [1.165, 1.54) is 16.7 Å². The Morgan fingerprint density at radius 1 is 1.22 bits per heavy atom. The highest BCUT2D eigenvalue weighted by Crippen LogP contribution is 2.18. The maximum absolute atomic E-state index is 13.5. The van der Waals surface area contributed by atoms with E-state index < -0.39 is 5.76 Å². The second kappa shape index (κ2) is 8.18. The normalized spacial score (nSPS) is 12.4. The quantitative estimate of drug-likeness (QED) is 0.693. The molecule has 1 atom stereocenters. The largest absolute Gasteiger partial charge is 0.419 e. The molecule has 0 bridgehead atoms. The number of amides is 1. The zero-order valence-corrected chi connectivity index (χ0v) is 15.3. The molecular formula is C20H22FN3O3. The number of nitrogens with one attached hydrogen (secondary N) is 1. The summed E-state index contributed by atoms with van der Waals surface area (Å²) in [5.41, 5.74) is 1.96. The van der Waals surface area contributed by atoms with Crippen LogP contribution >= 0.6 is 0 Å². The van der Waals surface area contributed by atoms with Crippen LogP contribution in [0.3, 0.4) is 0 Å². The summed E-state index contributed by atoms with van der Waals surface area (Å²) in [5, 5.41) is 2.86. The summed E-state index contributed by atoms with van der Waals surface area (Å²) >= 11 is 0. The molecule has 0 unspecified atom stereocenters. The molecule has 6 nitrogen and oxygen atoms in total. The summed E-state index contributed by atoms with van der Waals surface area (Å²) < 4.78 is 20.1. The highest BCUT2D eigenvalue weighted by Gasteiger charge is 2.16. The SMILES string of the molecule is CN(C)[C@@H](CNC(=O)CCn1c(=O)oc2ccccc21)c1cccc(F)c1. The van der Waals surface area contributed by atoms with Crippen LogP contribution in [0, 0.1) is 5.82 Å². The van der Waals surface area contributed by atoms with Gasteiger partial charge in [0.25, 0.3) is 0 Å². The topological polar surface area (TPSA) is 67.5 Å². The molecule has 0 aliphatic carbocycles. The maximum Gasteiger partial charge on any atom is 0.419 e. The van der Waals surface area contributed by atoms with Gasteiger partial charge in [-0.15, -0.1) is 0 Å². The van der Waals surface area contributed by atoms with E-state index in [9.17, 15) is 14.0 Å². The fourth-order valence-electron chi connectivity index (χ4n) is 3.05. The van der Waals surface area contributed by atoms with Crippen molar-refractivity contribution in [3.05, 3.63) is 70.5 Å². The van der Waals surface area contributed by atoms with Crippen LogP contribution < -0.4 is 11.1 Å². The number of carbonyl (C=O) groups excluding carboxylic acids is 1. The van der Waals surface area contributed by atoms with Gasteiger partial charge in [0, 0.05) is 19.5 Å². The van der Waals surface area contributed by atoms with Crippen molar-refractivity contribution < 1.29 is 13.6 Å². The van der Waals surface area contributed by atoms with Crippen molar-refractivity contribution in [3.8, 4) is 0 Å². The lowest BCUT2D eigenvalue weighted by Gasteiger charge is -2.25. The van der Waals surface area contributed by atoms with Crippen LogP contribution in [-0.4, -0.2) is 36.0 Å². The number of halogens is 1. The van der Waals surface area contributed by atoms with Gasteiger partial charge in [-0.05, 0) is 43.9 Å². The third kappa shape index (κ3) is 4.43. The van der Waals surface area contributed by atoms with E-state index in [1.807, 2.05) is 31.1 Å². The molecule has 1 heterocycles. The van der Waals surface area contributed by atoms with Crippen molar-refractivity contribution in [2.45, 2.75) is 19.0 Å². The molecule has 0 fully saturated rings. The van der Waals surface area contributed by atoms with Gasteiger partial charge in [-0.3, -0.25) is 9.36 Å². The standard InChI is InChI=1S/C20H22FN3O3/c1-23(2)17(14-6-5-7-15(21)12-14)13-22-19(25)10-11-24-16-8-3-4-9-18(16)27-20(24)26/h3-9,12,17H,10-11,13H2,1-2H3,(H,22,25)/t17-/m0/s1. The van der Waals surface area contributed by atoms with Crippen molar-refractivity contribution in [1.82, 2.24) is 14.8 Å². The van der Waals surface area contributed by atoms with Gasteiger partial charge in [0.2, 0.25) is 5.91 Å². The summed E-state index contributed by atoms with van der Waals surface area (Å²) in [5.74, 6) is -0.970. The molecule has 1 aromatic heterocycles. The number of hydrogen-bond donors (Lipinski definition) is 1. The van der Waals surface area contributed by atoms with Crippen LogP contribution in [-0.2, 0) is 11.3 Å². The minimum Gasteiger partial charge on any atom is -0.408 e. The van der Waals surface area contributed by atoms with Crippen LogP contribution in [0.15, 0.2) is 57.7 Å². The molecule has 1 N–H and O–H groups in total. The van der Waals surface area contributed by atoms with Crippen molar-refractivity contribution in [3.63, 3.8) is 0 Å². The summed E-state index contributed by atoms with van der Waals surface area (Å²) in [6.45, 7) is 0.574. The van der Waals surface area contributed by atoms with Crippen LogP contribution in [0.1, 0.15) is 18.0 Å². The van der Waals surface area contributed by atoms with E-state index in [0.29, 0.717) is 17.6 Å². The number of carbonyl (C=O) groups is 1. The van der Waals surface area contributed by atoms with E-state index in [1.54, 1.807) is 24.3 Å². The van der Waals surface area contributed by atoms with Gasteiger partial charge in [0.1, 0.15) is 5.82 Å². The first-order valence-electron chi connectivity index (χ1n) is 8.72. The average molecular weight is 371 g/mol. The number of rotatable bonds is 7. The lowest BCUT2D eigenvalue weighted by atomic mass is 10.1. The highest BCUT2D eigenvalue weighted by molar-refractivity contribution is 5.76. The molecule has 0 aliphatic heterocycles. The predicted octanol–water partition coefficient (Wildman–Crippen LogP) is 2.54. The Bertz CT molecular complexity index is 993. The number of hydrogen-bond acceptors (Lipinski definition) is 4. The first-order chi connectivity index (χ1) is 13.0. The number of para-hydroxylation sites is 2. The third-order valence-electron chi connectivity index (χ3n) is 4.49. The summed E-state index contributed by atoms with van der Waals surface area (Å²) in [6.07, 6.45) is 0.146. The van der Waals surface area contributed by atoms with E-state index in [2.05, 4.69) is 5.32 Å². The Balaban J connectivity index is 1.61. The van der Waals surface area contributed by atoms with Crippen LogP contribution in [0.25, 0.3) is 11.1 Å². The Labute approximate surface area is 156 Å². The molecule has 3 rings (SSSR count). The number of aryl methyl sites for hydroxylation is 1. The number of nitrogens with zero attached hydrogens (tertiary/aromatic N) is 2. The zero-order valence-electron chi connectivity index (χ0n) is 15.3. The minimum atomic E-state index is -0.477. The van der Waals surface area contributed by atoms with Gasteiger partial charge in [-0.2, -0.15) is 0 Å².